The SMILES string of the molecule is C=C1CCCN(CCl)CCC1Cl. The van der Waals surface area contributed by atoms with Crippen LogP contribution in [0.15, 0.2) is 12.2 Å². The zero-order valence-corrected chi connectivity index (χ0v) is 8.74. The Morgan fingerprint density at radius 2 is 2.25 bits per heavy atom. The van der Waals surface area contributed by atoms with E-state index in [0.29, 0.717) is 6.00 Å². The maximum Gasteiger partial charge on any atom is 0.0738 e. The van der Waals surface area contributed by atoms with Crippen molar-refractivity contribution in [3.05, 3.63) is 12.2 Å². The summed E-state index contributed by atoms with van der Waals surface area (Å²) in [6.07, 6.45) is 3.16. The van der Waals surface area contributed by atoms with Gasteiger partial charge in [0.05, 0.1) is 11.4 Å². The van der Waals surface area contributed by atoms with Gasteiger partial charge in [0, 0.05) is 6.54 Å². The second-order valence-corrected chi connectivity index (χ2v) is 4.02. The maximum atomic E-state index is 6.10. The van der Waals surface area contributed by atoms with E-state index in [-0.39, 0.29) is 5.38 Å². The van der Waals surface area contributed by atoms with Crippen LogP contribution in [0.2, 0.25) is 0 Å². The zero-order valence-electron chi connectivity index (χ0n) is 7.23. The van der Waals surface area contributed by atoms with Crippen LogP contribution in [0.4, 0.5) is 0 Å². The van der Waals surface area contributed by atoms with Gasteiger partial charge in [0.2, 0.25) is 0 Å². The van der Waals surface area contributed by atoms with Crippen LogP contribution >= 0.6 is 23.2 Å². The van der Waals surface area contributed by atoms with E-state index in [4.69, 9.17) is 23.2 Å². The van der Waals surface area contributed by atoms with Gasteiger partial charge in [-0.05, 0) is 25.8 Å². The normalized spacial score (nSPS) is 28.2. The summed E-state index contributed by atoms with van der Waals surface area (Å²) in [5, 5.41) is 0.149. The second-order valence-electron chi connectivity index (χ2n) is 3.26. The standard InChI is InChI=1S/C9H15Cl2N/c1-8-3-2-5-12(7-10)6-4-9(8)11/h9H,1-7H2. The number of halogens is 2. The predicted octanol–water partition coefficient (Wildman–Crippen LogP) is 2.83. The maximum absolute atomic E-state index is 6.10. The molecule has 1 aliphatic rings. The molecule has 1 unspecified atom stereocenters. The van der Waals surface area contributed by atoms with Crippen molar-refractivity contribution in [2.45, 2.75) is 24.6 Å². The summed E-state index contributed by atoms with van der Waals surface area (Å²) in [6, 6.07) is 0.621. The highest BCUT2D eigenvalue weighted by molar-refractivity contribution is 6.22. The van der Waals surface area contributed by atoms with E-state index in [1.807, 2.05) is 0 Å². The van der Waals surface area contributed by atoms with Crippen LogP contribution in [0.3, 0.4) is 0 Å². The molecule has 0 N–H and O–H groups in total. The largest absolute Gasteiger partial charge is 0.290 e. The fourth-order valence-corrected chi connectivity index (χ4v) is 1.86. The van der Waals surface area contributed by atoms with Crippen molar-refractivity contribution in [3.8, 4) is 0 Å². The molecule has 0 saturated carbocycles. The van der Waals surface area contributed by atoms with Gasteiger partial charge in [-0.15, -0.1) is 23.2 Å². The van der Waals surface area contributed by atoms with E-state index >= 15 is 0 Å². The van der Waals surface area contributed by atoms with Crippen molar-refractivity contribution < 1.29 is 0 Å². The molecule has 0 spiro atoms. The molecule has 1 aliphatic heterocycles. The molecule has 1 heterocycles. The Hall–Kier alpha value is 0.280. The molecule has 1 saturated heterocycles. The van der Waals surface area contributed by atoms with E-state index < -0.39 is 0 Å². The minimum Gasteiger partial charge on any atom is -0.290 e. The van der Waals surface area contributed by atoms with Crippen molar-refractivity contribution in [1.82, 2.24) is 4.90 Å². The van der Waals surface area contributed by atoms with Crippen LogP contribution in [0.1, 0.15) is 19.3 Å². The first-order valence-corrected chi connectivity index (χ1v) is 5.31. The van der Waals surface area contributed by atoms with Gasteiger partial charge in [-0.2, -0.15) is 0 Å². The second kappa shape index (κ2) is 5.11. The van der Waals surface area contributed by atoms with Crippen molar-refractivity contribution in [1.29, 1.82) is 0 Å². The Balaban J connectivity index is 2.40. The quantitative estimate of drug-likeness (QED) is 0.364. The highest BCUT2D eigenvalue weighted by atomic mass is 35.5. The minimum atomic E-state index is 0.149. The van der Waals surface area contributed by atoms with Gasteiger partial charge >= 0.3 is 0 Å². The van der Waals surface area contributed by atoms with E-state index in [1.165, 1.54) is 5.57 Å². The average molecular weight is 208 g/mol. The molecule has 70 valence electrons. The van der Waals surface area contributed by atoms with E-state index in [9.17, 15) is 0 Å². The number of rotatable bonds is 1. The molecule has 0 aliphatic carbocycles. The lowest BCUT2D eigenvalue weighted by Crippen LogP contribution is -2.29. The Bertz CT molecular complexity index is 159. The number of hydrogen-bond acceptors (Lipinski definition) is 1. The Morgan fingerprint density at radius 1 is 1.50 bits per heavy atom. The number of alkyl halides is 2. The molecule has 1 rings (SSSR count). The first-order valence-electron chi connectivity index (χ1n) is 4.34. The van der Waals surface area contributed by atoms with Crippen molar-refractivity contribution in [2.24, 2.45) is 0 Å². The van der Waals surface area contributed by atoms with Crippen LogP contribution in [-0.2, 0) is 0 Å². The molecule has 0 amide bonds. The van der Waals surface area contributed by atoms with Gasteiger partial charge in [0.1, 0.15) is 0 Å². The van der Waals surface area contributed by atoms with Crippen LogP contribution in [-0.4, -0.2) is 29.4 Å². The van der Waals surface area contributed by atoms with E-state index in [0.717, 1.165) is 32.4 Å². The Kier molecular flexibility index (Phi) is 4.41. The lowest BCUT2D eigenvalue weighted by molar-refractivity contribution is 0.300. The highest BCUT2D eigenvalue weighted by Crippen LogP contribution is 2.20. The van der Waals surface area contributed by atoms with Crippen LogP contribution in [0, 0.1) is 0 Å². The minimum absolute atomic E-state index is 0.149. The summed E-state index contributed by atoms with van der Waals surface area (Å²) in [5.74, 6) is 0. The van der Waals surface area contributed by atoms with E-state index in [2.05, 4.69) is 11.5 Å². The molecular weight excluding hydrogens is 193 g/mol. The summed E-state index contributed by atoms with van der Waals surface area (Å²) in [5.41, 5.74) is 1.19. The Morgan fingerprint density at radius 3 is 2.92 bits per heavy atom. The van der Waals surface area contributed by atoms with Gasteiger partial charge in [0.25, 0.3) is 0 Å². The van der Waals surface area contributed by atoms with Crippen LogP contribution in [0.5, 0.6) is 0 Å². The summed E-state index contributed by atoms with van der Waals surface area (Å²) in [6.45, 7) is 6.04. The first kappa shape index (κ1) is 10.4. The molecule has 0 aromatic heterocycles. The molecule has 1 atom stereocenters. The monoisotopic (exact) mass is 207 g/mol. The van der Waals surface area contributed by atoms with Gasteiger partial charge < -0.3 is 0 Å². The number of likely N-dealkylation sites (tertiary alicyclic amines) is 1. The molecule has 3 heteroatoms. The van der Waals surface area contributed by atoms with Gasteiger partial charge in [0.15, 0.2) is 0 Å². The third-order valence-electron chi connectivity index (χ3n) is 2.28. The molecule has 0 radical (unpaired) electrons. The lowest BCUT2D eigenvalue weighted by Gasteiger charge is -2.25. The number of allylic oxidation sites excluding steroid dienone is 1. The fourth-order valence-electron chi connectivity index (χ4n) is 1.42. The molecule has 1 nitrogen and oxygen atoms in total. The topological polar surface area (TPSA) is 3.24 Å². The smallest absolute Gasteiger partial charge is 0.0738 e. The highest BCUT2D eigenvalue weighted by Gasteiger charge is 2.15. The molecular formula is C9H15Cl2N. The van der Waals surface area contributed by atoms with Crippen LogP contribution < -0.4 is 0 Å². The average Bonchev–Trinajstić information content (AvgIpc) is 2.07. The van der Waals surface area contributed by atoms with Gasteiger partial charge in [-0.3, -0.25) is 4.90 Å². The molecule has 0 aromatic carbocycles. The number of hydrogen-bond donors (Lipinski definition) is 0. The van der Waals surface area contributed by atoms with Crippen molar-refractivity contribution in [2.75, 3.05) is 19.1 Å². The molecule has 12 heavy (non-hydrogen) atoms. The molecule has 0 aromatic rings. The summed E-state index contributed by atoms with van der Waals surface area (Å²) in [4.78, 5) is 2.23. The van der Waals surface area contributed by atoms with Gasteiger partial charge in [-0.1, -0.05) is 12.2 Å². The Labute approximate surface area is 84.3 Å². The van der Waals surface area contributed by atoms with Gasteiger partial charge in [-0.25, -0.2) is 0 Å². The van der Waals surface area contributed by atoms with Crippen LogP contribution in [0.25, 0.3) is 0 Å². The summed E-state index contributed by atoms with van der Waals surface area (Å²) < 4.78 is 0. The molecule has 1 fully saturated rings. The third-order valence-corrected chi connectivity index (χ3v) is 3.15. The third kappa shape index (κ3) is 2.96. The lowest BCUT2D eigenvalue weighted by atomic mass is 10.0. The zero-order chi connectivity index (χ0) is 8.97. The summed E-state index contributed by atoms with van der Waals surface area (Å²) >= 11 is 11.8. The predicted molar refractivity (Wildman–Crippen MR) is 54.9 cm³/mol. The first-order chi connectivity index (χ1) is 5.74. The number of nitrogens with zero attached hydrogens (tertiary/aromatic N) is 1. The van der Waals surface area contributed by atoms with E-state index in [1.54, 1.807) is 0 Å². The van der Waals surface area contributed by atoms with Crippen molar-refractivity contribution >= 4 is 23.2 Å². The van der Waals surface area contributed by atoms with Crippen molar-refractivity contribution in [3.63, 3.8) is 0 Å². The molecule has 0 bridgehead atoms. The fraction of sp³-hybridized carbons (Fsp3) is 0.778. The summed E-state index contributed by atoms with van der Waals surface area (Å²) in [7, 11) is 0.